The lowest BCUT2D eigenvalue weighted by Crippen LogP contribution is -2.62. The van der Waals surface area contributed by atoms with E-state index in [2.05, 4.69) is 65.8 Å². The van der Waals surface area contributed by atoms with Crippen molar-refractivity contribution in [2.24, 2.45) is 0 Å². The molecule has 2 aromatic heterocycles. The molecule has 11 nitrogen and oxygen atoms in total. The summed E-state index contributed by atoms with van der Waals surface area (Å²) in [5.41, 5.74) is 7.79. The molecule has 10 rings (SSSR count). The topological polar surface area (TPSA) is 139 Å². The van der Waals surface area contributed by atoms with Crippen LogP contribution in [0.15, 0.2) is 109 Å². The first kappa shape index (κ1) is 41.9. The number of likely N-dealkylation sites (N-methyl/N-ethyl adjacent to an activating group) is 1. The van der Waals surface area contributed by atoms with Crippen molar-refractivity contribution in [3.8, 4) is 0 Å². The highest BCUT2D eigenvalue weighted by Gasteiger charge is 2.57. The number of carbonyl (C=O) groups excluding carboxylic acids is 3. The SMILES string of the molecule is C=O.CN1CC2(C1)C(=O)N(Cc1ncc3ccccc3c1CCCCO)c1ccccc12.O=C1N(Cc2ncc3ccccc3c2CCCCO)c2ccccc2C12CNC2. The molecular weight excluding hydrogens is 765 g/mol. The molecule has 6 heterocycles. The van der Waals surface area contributed by atoms with Crippen LogP contribution in [-0.4, -0.2) is 90.1 Å². The number of anilines is 2. The molecule has 11 heteroatoms. The summed E-state index contributed by atoms with van der Waals surface area (Å²) in [5.74, 6) is 0.367. The highest BCUT2D eigenvalue weighted by Crippen LogP contribution is 2.48. The van der Waals surface area contributed by atoms with Gasteiger partial charge in [-0.2, -0.15) is 0 Å². The van der Waals surface area contributed by atoms with Crippen LogP contribution in [0.3, 0.4) is 0 Å². The predicted octanol–water partition coefficient (Wildman–Crippen LogP) is 6.03. The molecule has 4 aliphatic rings. The standard InChI is InChI=1S/C25H27N3O2.C24H25N3O2.CH2O/c1-27-16-25(17-27)21-11-4-5-12-23(21)28(24(25)30)15-22-20(10-6-7-13-29)19-9-3-2-8-18(19)14-26-22;28-12-6-5-9-19-18-8-2-1-7-17(18)13-26-21(19)14-27-22-11-4-3-10-20(22)24(23(27)29)15-25-16-24;1-2/h2-5,8-9,11-12,14,29H,6-7,10,13,15-17H2,1H3;1-4,7-8,10-11,13,25,28H,5-6,9,12,14-16H2;1H2. The van der Waals surface area contributed by atoms with E-state index in [0.717, 1.165) is 96.3 Å². The lowest BCUT2D eigenvalue weighted by atomic mass is 9.75. The monoisotopic (exact) mass is 818 g/mol. The van der Waals surface area contributed by atoms with E-state index in [1.54, 1.807) is 0 Å². The van der Waals surface area contributed by atoms with Crippen molar-refractivity contribution < 1.29 is 24.6 Å². The third-order valence-corrected chi connectivity index (χ3v) is 12.9. The van der Waals surface area contributed by atoms with Gasteiger partial charge in [-0.25, -0.2) is 0 Å². The van der Waals surface area contributed by atoms with Crippen molar-refractivity contribution in [3.63, 3.8) is 0 Å². The number of para-hydroxylation sites is 2. The van der Waals surface area contributed by atoms with Gasteiger partial charge in [-0.3, -0.25) is 19.6 Å². The molecule has 0 radical (unpaired) electrons. The Morgan fingerprint density at radius 2 is 1.03 bits per heavy atom. The van der Waals surface area contributed by atoms with Gasteiger partial charge in [-0.15, -0.1) is 0 Å². The number of unbranched alkanes of at least 4 members (excludes halogenated alkanes) is 2. The normalized spacial score (nSPS) is 16.8. The van der Waals surface area contributed by atoms with Gasteiger partial charge < -0.3 is 35.0 Å². The number of benzene rings is 4. The van der Waals surface area contributed by atoms with Crippen LogP contribution in [0.5, 0.6) is 0 Å². The summed E-state index contributed by atoms with van der Waals surface area (Å²) in [4.78, 5) is 50.7. The number of aromatic nitrogens is 2. The largest absolute Gasteiger partial charge is 0.396 e. The fourth-order valence-electron chi connectivity index (χ4n) is 9.89. The van der Waals surface area contributed by atoms with Gasteiger partial charge in [0.15, 0.2) is 0 Å². The molecule has 2 amide bonds. The second-order valence-corrected chi connectivity index (χ2v) is 16.7. The Morgan fingerprint density at radius 3 is 1.48 bits per heavy atom. The maximum atomic E-state index is 13.6. The molecule has 0 bridgehead atoms. The van der Waals surface area contributed by atoms with Crippen molar-refractivity contribution >= 4 is 51.5 Å². The smallest absolute Gasteiger partial charge is 0.240 e. The fourth-order valence-corrected chi connectivity index (χ4v) is 9.89. The van der Waals surface area contributed by atoms with Crippen LogP contribution in [0.4, 0.5) is 11.4 Å². The third kappa shape index (κ3) is 7.50. The zero-order valence-electron chi connectivity index (χ0n) is 34.9. The number of amides is 2. The van der Waals surface area contributed by atoms with Crippen LogP contribution in [-0.2, 0) is 51.1 Å². The number of hydrogen-bond acceptors (Lipinski definition) is 9. The average molecular weight is 819 g/mol. The number of aliphatic hydroxyl groups excluding tert-OH is 2. The minimum Gasteiger partial charge on any atom is -0.396 e. The molecule has 3 N–H and O–H groups in total. The van der Waals surface area contributed by atoms with E-state index in [0.29, 0.717) is 26.2 Å². The Balaban J connectivity index is 0.000000162. The van der Waals surface area contributed by atoms with Gasteiger partial charge >= 0.3 is 0 Å². The quantitative estimate of drug-likeness (QED) is 0.126. The molecule has 314 valence electrons. The van der Waals surface area contributed by atoms with Crippen molar-refractivity contribution in [1.29, 1.82) is 0 Å². The van der Waals surface area contributed by atoms with Crippen LogP contribution in [0.2, 0.25) is 0 Å². The summed E-state index contributed by atoms with van der Waals surface area (Å²) in [5, 5.41) is 26.4. The van der Waals surface area contributed by atoms with Crippen LogP contribution >= 0.6 is 0 Å². The van der Waals surface area contributed by atoms with Gasteiger partial charge in [-0.1, -0.05) is 84.9 Å². The van der Waals surface area contributed by atoms with Gasteiger partial charge in [0.1, 0.15) is 17.6 Å². The van der Waals surface area contributed by atoms with Crippen molar-refractivity contribution in [2.45, 2.75) is 62.4 Å². The molecule has 4 aliphatic heterocycles. The highest BCUT2D eigenvalue weighted by molar-refractivity contribution is 6.10. The molecular formula is C50H54N6O5. The van der Waals surface area contributed by atoms with Crippen molar-refractivity contribution in [2.75, 3.05) is 56.2 Å². The Hall–Kier alpha value is -5.85. The van der Waals surface area contributed by atoms with Crippen molar-refractivity contribution in [1.82, 2.24) is 20.2 Å². The summed E-state index contributed by atoms with van der Waals surface area (Å²) in [6, 6.07) is 32.9. The van der Waals surface area contributed by atoms with E-state index in [-0.39, 0.29) is 25.0 Å². The second kappa shape index (κ2) is 18.0. The van der Waals surface area contributed by atoms with Crippen LogP contribution < -0.4 is 15.1 Å². The number of rotatable bonds is 12. The van der Waals surface area contributed by atoms with Gasteiger partial charge in [-0.05, 0) is 90.7 Å². The molecule has 4 aromatic carbocycles. The van der Waals surface area contributed by atoms with Crippen LogP contribution in [0, 0.1) is 0 Å². The molecule has 0 aliphatic carbocycles. The van der Waals surface area contributed by atoms with Gasteiger partial charge in [0, 0.05) is 73.9 Å². The summed E-state index contributed by atoms with van der Waals surface area (Å²) < 4.78 is 0. The van der Waals surface area contributed by atoms with Crippen LogP contribution in [0.1, 0.15) is 59.3 Å². The zero-order chi connectivity index (χ0) is 42.6. The number of pyridine rings is 2. The van der Waals surface area contributed by atoms with E-state index in [1.165, 1.54) is 21.9 Å². The maximum Gasteiger partial charge on any atom is 0.240 e. The summed E-state index contributed by atoms with van der Waals surface area (Å²) in [6.07, 6.45) is 8.86. The summed E-state index contributed by atoms with van der Waals surface area (Å²) in [7, 11) is 2.06. The minimum absolute atomic E-state index is 0.175. The highest BCUT2D eigenvalue weighted by atomic mass is 16.3. The second-order valence-electron chi connectivity index (χ2n) is 16.7. The molecule has 0 atom stereocenters. The third-order valence-electron chi connectivity index (χ3n) is 12.9. The number of likely N-dealkylation sites (tertiary alicyclic amines) is 1. The Bertz CT molecular complexity index is 2550. The van der Waals surface area contributed by atoms with E-state index in [9.17, 15) is 19.8 Å². The van der Waals surface area contributed by atoms with Gasteiger partial charge in [0.05, 0.1) is 24.5 Å². The Labute approximate surface area is 357 Å². The van der Waals surface area contributed by atoms with Gasteiger partial charge in [0.25, 0.3) is 0 Å². The molecule has 0 unspecified atom stereocenters. The summed E-state index contributed by atoms with van der Waals surface area (Å²) >= 11 is 0. The number of nitrogens with one attached hydrogen (secondary N) is 1. The molecule has 2 spiro atoms. The molecule has 2 saturated heterocycles. The lowest BCUT2D eigenvalue weighted by Gasteiger charge is -2.44. The lowest BCUT2D eigenvalue weighted by molar-refractivity contribution is -0.128. The number of fused-ring (bicyclic) bond motifs is 6. The predicted molar refractivity (Wildman–Crippen MR) is 240 cm³/mol. The average Bonchev–Trinajstić information content (AvgIpc) is 3.67. The van der Waals surface area contributed by atoms with E-state index >= 15 is 0 Å². The Kier molecular flexibility index (Phi) is 12.4. The van der Waals surface area contributed by atoms with E-state index < -0.39 is 10.8 Å². The number of aliphatic hydroxyl groups is 2. The van der Waals surface area contributed by atoms with E-state index in [4.69, 9.17) is 14.8 Å². The van der Waals surface area contributed by atoms with E-state index in [1.807, 2.05) is 77.5 Å². The minimum atomic E-state index is -0.412. The zero-order valence-corrected chi connectivity index (χ0v) is 34.9. The molecule has 2 fully saturated rings. The molecule has 61 heavy (non-hydrogen) atoms. The number of carbonyl (C=O) groups is 3. The number of nitrogens with zero attached hydrogens (tertiary/aromatic N) is 5. The first-order valence-electron chi connectivity index (χ1n) is 21.3. The van der Waals surface area contributed by atoms with Crippen molar-refractivity contribution in [3.05, 3.63) is 143 Å². The molecule has 0 saturated carbocycles. The fraction of sp³-hybridized carbons (Fsp3) is 0.340. The molecule has 6 aromatic rings. The summed E-state index contributed by atoms with van der Waals surface area (Å²) in [6.45, 7) is 6.31. The first-order valence-corrected chi connectivity index (χ1v) is 21.3. The maximum absolute atomic E-state index is 13.6. The first-order chi connectivity index (χ1) is 29.9. The Morgan fingerprint density at radius 1 is 0.607 bits per heavy atom. The van der Waals surface area contributed by atoms with Crippen LogP contribution in [0.25, 0.3) is 21.5 Å². The van der Waals surface area contributed by atoms with Gasteiger partial charge in [0.2, 0.25) is 11.8 Å². The number of hydrogen-bond donors (Lipinski definition) is 3. The number of aryl methyl sites for hydroxylation is 2.